The minimum Gasteiger partial charge on any atom is -0.454 e. The Morgan fingerprint density at radius 3 is 2.50 bits per heavy atom. The van der Waals surface area contributed by atoms with Crippen molar-refractivity contribution in [3.05, 3.63) is 72.3 Å². The van der Waals surface area contributed by atoms with E-state index in [1.54, 1.807) is 18.7 Å². The maximum absolute atomic E-state index is 12.0. The molecule has 0 amide bonds. The van der Waals surface area contributed by atoms with Crippen molar-refractivity contribution in [1.29, 1.82) is 0 Å². The number of hydrogen-bond acceptors (Lipinski definition) is 4. The molecule has 0 saturated heterocycles. The van der Waals surface area contributed by atoms with Gasteiger partial charge in [-0.3, -0.25) is 4.79 Å². The van der Waals surface area contributed by atoms with Gasteiger partial charge in [-0.25, -0.2) is 0 Å². The number of likely N-dealkylation sites (N-methyl/N-ethyl adjacent to an activating group) is 1. The van der Waals surface area contributed by atoms with Crippen molar-refractivity contribution >= 4 is 17.5 Å². The van der Waals surface area contributed by atoms with E-state index in [0.29, 0.717) is 0 Å². The monoisotopic (exact) mass is 387 g/mol. The van der Waals surface area contributed by atoms with E-state index in [4.69, 9.17) is 4.74 Å². The lowest BCUT2D eigenvalue weighted by Gasteiger charge is -2.22. The van der Waals surface area contributed by atoms with Crippen molar-refractivity contribution in [2.75, 3.05) is 7.05 Å². The van der Waals surface area contributed by atoms with Crippen LogP contribution < -0.4 is 10.1 Å². The molecular weight excluding hydrogens is 366 g/mol. The van der Waals surface area contributed by atoms with Gasteiger partial charge in [0.05, 0.1) is 15.3 Å². The number of ether oxygens (including phenoxy) is 1. The molecule has 0 radical (unpaired) electrons. The summed E-state index contributed by atoms with van der Waals surface area (Å²) in [5.41, 5.74) is 3.04. The zero-order valence-corrected chi connectivity index (χ0v) is 16.7. The number of carbonyl (C=O) groups is 1. The first kappa shape index (κ1) is 17.5. The summed E-state index contributed by atoms with van der Waals surface area (Å²) in [5, 5.41) is 3.22. The highest BCUT2D eigenvalue weighted by Crippen LogP contribution is 2.53. The second-order valence-corrected chi connectivity index (χ2v) is 8.52. The molecule has 1 fully saturated rings. The number of benzene rings is 3. The van der Waals surface area contributed by atoms with Gasteiger partial charge in [0.2, 0.25) is 0 Å². The molecule has 140 valence electrons. The molecule has 3 aromatic rings. The van der Waals surface area contributed by atoms with Crippen LogP contribution in [0.4, 0.5) is 0 Å². The van der Waals surface area contributed by atoms with Gasteiger partial charge in [0.15, 0.2) is 0 Å². The molecule has 3 nitrogen and oxygen atoms in total. The summed E-state index contributed by atoms with van der Waals surface area (Å²) in [6.45, 7) is 1.67. The average Bonchev–Trinajstić information content (AvgIpc) is 3.48. The van der Waals surface area contributed by atoms with E-state index in [1.165, 1.54) is 5.56 Å². The van der Waals surface area contributed by atoms with Gasteiger partial charge in [0.25, 0.3) is 0 Å². The summed E-state index contributed by atoms with van der Waals surface area (Å²) >= 11 is 1.74. The highest BCUT2D eigenvalue weighted by Gasteiger charge is 2.57. The molecule has 3 aromatic carbocycles. The summed E-state index contributed by atoms with van der Waals surface area (Å²) < 4.78 is 6.26. The fourth-order valence-electron chi connectivity index (χ4n) is 4.18. The van der Waals surface area contributed by atoms with Crippen molar-refractivity contribution in [2.45, 2.75) is 34.6 Å². The fraction of sp³-hybridized carbons (Fsp3) is 0.208. The molecule has 0 aromatic heterocycles. The van der Waals surface area contributed by atoms with E-state index in [9.17, 15) is 4.79 Å². The molecule has 1 aliphatic heterocycles. The molecule has 5 rings (SSSR count). The molecule has 1 N–H and O–H groups in total. The number of Topliss-reactive ketones (excluding diaryl/α,β-unsaturated/α-hetero) is 1. The Morgan fingerprint density at radius 1 is 1.04 bits per heavy atom. The summed E-state index contributed by atoms with van der Waals surface area (Å²) in [6.07, 6.45) is 0.870. The van der Waals surface area contributed by atoms with E-state index in [0.717, 1.165) is 38.8 Å². The van der Waals surface area contributed by atoms with Gasteiger partial charge >= 0.3 is 0 Å². The maximum Gasteiger partial charge on any atom is 0.150 e. The van der Waals surface area contributed by atoms with Crippen LogP contribution in [0.3, 0.4) is 0 Å². The number of para-hydroxylation sites is 2. The summed E-state index contributed by atoms with van der Waals surface area (Å²) in [6, 6.07) is 23.0. The Morgan fingerprint density at radius 2 is 1.79 bits per heavy atom. The van der Waals surface area contributed by atoms with Crippen LogP contribution >= 0.6 is 11.8 Å². The largest absolute Gasteiger partial charge is 0.454 e. The Kier molecular flexibility index (Phi) is 4.07. The summed E-state index contributed by atoms with van der Waals surface area (Å²) in [7, 11) is 1.87. The van der Waals surface area contributed by atoms with Gasteiger partial charge in [0.1, 0.15) is 17.3 Å². The predicted molar refractivity (Wildman–Crippen MR) is 112 cm³/mol. The Hall–Kier alpha value is -2.56. The van der Waals surface area contributed by atoms with Crippen LogP contribution in [-0.2, 0) is 4.79 Å². The summed E-state index contributed by atoms with van der Waals surface area (Å²) in [4.78, 5) is 14.3. The highest BCUT2D eigenvalue weighted by molar-refractivity contribution is 7.99. The lowest BCUT2D eigenvalue weighted by atomic mass is 9.99. The van der Waals surface area contributed by atoms with E-state index in [1.807, 2.05) is 25.2 Å². The van der Waals surface area contributed by atoms with E-state index in [2.05, 4.69) is 53.8 Å². The number of nitrogens with one attached hydrogen (secondary N) is 1. The first-order valence-corrected chi connectivity index (χ1v) is 10.3. The lowest BCUT2D eigenvalue weighted by Crippen LogP contribution is -2.36. The second kappa shape index (κ2) is 6.50. The Labute approximate surface area is 169 Å². The number of carbonyl (C=O) groups excluding carboxylic acids is 1. The minimum absolute atomic E-state index is 0.213. The smallest absolute Gasteiger partial charge is 0.150 e. The molecule has 1 unspecified atom stereocenters. The molecule has 4 heteroatoms. The topological polar surface area (TPSA) is 38.3 Å². The zero-order chi connectivity index (χ0) is 19.3. The van der Waals surface area contributed by atoms with Crippen molar-refractivity contribution in [3.8, 4) is 22.6 Å². The molecule has 0 bridgehead atoms. The van der Waals surface area contributed by atoms with Gasteiger partial charge in [-0.1, -0.05) is 60.3 Å². The number of ketones is 1. The standard InChI is InChI=1S/C24H21NO2S/c1-15(26)24(25-2)14-19(24)17-12-10-16(11-13-17)18-6-5-9-22-23(18)27-20-7-3-4-8-21(20)28-22/h3-13,19,25H,14H2,1-2H3/t19-,24?/m0/s1. The molecular formula is C24H21NO2S. The Balaban J connectivity index is 1.47. The third-order valence-corrected chi connectivity index (χ3v) is 7.02. The molecule has 1 saturated carbocycles. The lowest BCUT2D eigenvalue weighted by molar-refractivity contribution is -0.119. The van der Waals surface area contributed by atoms with Gasteiger partial charge in [0, 0.05) is 11.5 Å². The average molecular weight is 388 g/mol. The molecule has 1 aliphatic carbocycles. The van der Waals surface area contributed by atoms with E-state index in [-0.39, 0.29) is 17.2 Å². The van der Waals surface area contributed by atoms with Gasteiger partial charge < -0.3 is 10.1 Å². The predicted octanol–water partition coefficient (Wildman–Crippen LogP) is 5.65. The molecule has 0 spiro atoms. The quantitative estimate of drug-likeness (QED) is 0.491. The normalized spacial score (nSPS) is 22.0. The maximum atomic E-state index is 12.0. The van der Waals surface area contributed by atoms with Crippen molar-refractivity contribution < 1.29 is 9.53 Å². The molecule has 2 atom stereocenters. The van der Waals surface area contributed by atoms with Crippen LogP contribution in [0.1, 0.15) is 24.8 Å². The van der Waals surface area contributed by atoms with Gasteiger partial charge in [-0.2, -0.15) is 0 Å². The van der Waals surface area contributed by atoms with Crippen molar-refractivity contribution in [2.24, 2.45) is 0 Å². The van der Waals surface area contributed by atoms with Crippen molar-refractivity contribution in [1.82, 2.24) is 5.32 Å². The van der Waals surface area contributed by atoms with Crippen LogP contribution in [0.5, 0.6) is 11.5 Å². The van der Waals surface area contributed by atoms with Crippen LogP contribution in [0, 0.1) is 0 Å². The fourth-order valence-corrected chi connectivity index (χ4v) is 5.16. The van der Waals surface area contributed by atoms with Crippen molar-refractivity contribution in [3.63, 3.8) is 0 Å². The molecule has 2 aliphatic rings. The first-order chi connectivity index (χ1) is 13.6. The van der Waals surface area contributed by atoms with Crippen LogP contribution in [-0.4, -0.2) is 18.4 Å². The first-order valence-electron chi connectivity index (χ1n) is 9.50. The van der Waals surface area contributed by atoms with E-state index >= 15 is 0 Å². The number of hydrogen-bond donors (Lipinski definition) is 1. The zero-order valence-electron chi connectivity index (χ0n) is 15.9. The van der Waals surface area contributed by atoms with Gasteiger partial charge in [-0.05, 0) is 49.7 Å². The van der Waals surface area contributed by atoms with E-state index < -0.39 is 0 Å². The van der Waals surface area contributed by atoms with Crippen LogP contribution in [0.15, 0.2) is 76.5 Å². The third kappa shape index (κ3) is 2.67. The highest BCUT2D eigenvalue weighted by atomic mass is 32.2. The van der Waals surface area contributed by atoms with Gasteiger partial charge in [-0.15, -0.1) is 0 Å². The SMILES string of the molecule is CNC1(C(C)=O)C[C@H]1c1ccc(-c2cccc3c2Oc2ccccc2S3)cc1. The number of fused-ring (bicyclic) bond motifs is 2. The Bertz CT molecular complexity index is 1080. The second-order valence-electron chi connectivity index (χ2n) is 7.44. The molecule has 1 heterocycles. The van der Waals surface area contributed by atoms with Crippen LogP contribution in [0.2, 0.25) is 0 Å². The third-order valence-electron chi connectivity index (χ3n) is 5.92. The number of rotatable bonds is 4. The minimum atomic E-state index is -0.378. The van der Waals surface area contributed by atoms with Crippen LogP contribution in [0.25, 0.3) is 11.1 Å². The summed E-state index contributed by atoms with van der Waals surface area (Å²) in [5.74, 6) is 2.29. The molecule has 28 heavy (non-hydrogen) atoms.